The van der Waals surface area contributed by atoms with Gasteiger partial charge in [-0.05, 0) is 16.5 Å². The van der Waals surface area contributed by atoms with Crippen LogP contribution in [0, 0.1) is 10.1 Å². The van der Waals surface area contributed by atoms with Crippen LogP contribution >= 0.6 is 0 Å². The number of hydrogen-bond acceptors (Lipinski definition) is 5. The molecule has 1 aromatic carbocycles. The minimum absolute atomic E-state index is 0.370. The molecule has 0 spiro atoms. The number of H-pyrrole nitrogens is 1. The highest BCUT2D eigenvalue weighted by Gasteiger charge is 2.33. The molecule has 0 saturated carbocycles. The fourth-order valence-electron chi connectivity index (χ4n) is 1.35. The number of non-ortho nitro benzene ring substituents is 1. The Hall–Kier alpha value is -2.72. The maximum absolute atomic E-state index is 12.6. The third-order valence-electron chi connectivity index (χ3n) is 2.16. The number of benzene rings is 1. The number of nitrogens with zero attached hydrogens (tertiary/aromatic N) is 4. The van der Waals surface area contributed by atoms with E-state index < -0.39 is 33.7 Å². The lowest BCUT2D eigenvalue weighted by Crippen LogP contribution is -2.17. The van der Waals surface area contributed by atoms with Crippen molar-refractivity contribution in [2.75, 3.05) is 0 Å². The van der Waals surface area contributed by atoms with Crippen LogP contribution in [0.5, 0.6) is 0 Å². The molecule has 0 unspecified atom stereocenters. The molecule has 0 fully saturated rings. The van der Waals surface area contributed by atoms with Gasteiger partial charge in [0, 0.05) is 12.1 Å². The number of alkyl halides is 3. The first kappa shape index (κ1) is 12.7. The van der Waals surface area contributed by atoms with E-state index in [1.165, 1.54) is 0 Å². The van der Waals surface area contributed by atoms with Crippen LogP contribution in [-0.2, 0) is 6.18 Å². The van der Waals surface area contributed by atoms with Crippen molar-refractivity contribution in [1.29, 1.82) is 0 Å². The van der Waals surface area contributed by atoms with Gasteiger partial charge in [0.25, 0.3) is 5.69 Å². The summed E-state index contributed by atoms with van der Waals surface area (Å²) >= 11 is 0. The number of aromatic nitrogens is 4. The van der Waals surface area contributed by atoms with Crippen molar-refractivity contribution >= 4 is 5.69 Å². The number of hydrogen-bond donors (Lipinski definition) is 1. The number of nitro groups is 1. The number of halogens is 3. The van der Waals surface area contributed by atoms with Gasteiger partial charge in [0.2, 0.25) is 0 Å². The van der Waals surface area contributed by atoms with Crippen LogP contribution in [0.15, 0.2) is 23.0 Å². The second-order valence-corrected chi connectivity index (χ2v) is 3.41. The molecule has 2 rings (SSSR count). The minimum Gasteiger partial charge on any atom is -0.258 e. The zero-order chi connectivity index (χ0) is 14.2. The van der Waals surface area contributed by atoms with Gasteiger partial charge in [-0.3, -0.25) is 10.1 Å². The van der Waals surface area contributed by atoms with Gasteiger partial charge >= 0.3 is 11.9 Å². The lowest BCUT2D eigenvalue weighted by atomic mass is 10.1. The minimum atomic E-state index is -4.78. The molecule has 1 N–H and O–H groups in total. The first-order chi connectivity index (χ1) is 8.79. The first-order valence-electron chi connectivity index (χ1n) is 4.66. The molecule has 0 atom stereocenters. The van der Waals surface area contributed by atoms with Gasteiger partial charge in [0.05, 0.1) is 16.2 Å². The third-order valence-corrected chi connectivity index (χ3v) is 2.16. The van der Waals surface area contributed by atoms with Gasteiger partial charge in [0.1, 0.15) is 0 Å². The molecule has 0 bridgehead atoms. The van der Waals surface area contributed by atoms with E-state index in [-0.39, 0.29) is 0 Å². The standard InChI is InChI=1S/C8H4F3N5O3/c9-8(10,11)4-1-5(3-6(2-4)16(18)19)15-7(17)12-13-14-15/h1-3H,(H,12,14,17). The Kier molecular flexibility index (Phi) is 2.81. The van der Waals surface area contributed by atoms with Crippen molar-refractivity contribution in [3.63, 3.8) is 0 Å². The first-order valence-corrected chi connectivity index (χ1v) is 4.66. The molecule has 0 aliphatic rings. The van der Waals surface area contributed by atoms with E-state index in [1.807, 2.05) is 5.10 Å². The van der Waals surface area contributed by atoms with Crippen molar-refractivity contribution < 1.29 is 18.1 Å². The molecule has 0 aliphatic heterocycles. The Labute approximate surface area is 101 Å². The van der Waals surface area contributed by atoms with Gasteiger partial charge in [0.15, 0.2) is 0 Å². The Morgan fingerprint density at radius 3 is 2.47 bits per heavy atom. The smallest absolute Gasteiger partial charge is 0.258 e. The van der Waals surface area contributed by atoms with Crippen LogP contribution in [0.25, 0.3) is 5.69 Å². The summed E-state index contributed by atoms with van der Waals surface area (Å²) in [5, 5.41) is 18.8. The molecule has 2 aromatic rings. The summed E-state index contributed by atoms with van der Waals surface area (Å²) in [4.78, 5) is 20.8. The van der Waals surface area contributed by atoms with E-state index in [2.05, 4.69) is 10.4 Å². The second-order valence-electron chi connectivity index (χ2n) is 3.41. The fraction of sp³-hybridized carbons (Fsp3) is 0.125. The zero-order valence-electron chi connectivity index (χ0n) is 8.88. The highest BCUT2D eigenvalue weighted by atomic mass is 19.4. The van der Waals surface area contributed by atoms with Gasteiger partial charge in [-0.2, -0.15) is 17.9 Å². The molecule has 1 aromatic heterocycles. The van der Waals surface area contributed by atoms with E-state index in [0.717, 1.165) is 6.07 Å². The van der Waals surface area contributed by atoms with Gasteiger partial charge < -0.3 is 0 Å². The molecule has 100 valence electrons. The molecule has 0 aliphatic carbocycles. The molecule has 19 heavy (non-hydrogen) atoms. The summed E-state index contributed by atoms with van der Waals surface area (Å²) in [5.41, 5.74) is -3.37. The second kappa shape index (κ2) is 4.19. The van der Waals surface area contributed by atoms with Crippen LogP contribution in [0.1, 0.15) is 5.56 Å². The Morgan fingerprint density at radius 1 is 1.32 bits per heavy atom. The zero-order valence-corrected chi connectivity index (χ0v) is 8.88. The van der Waals surface area contributed by atoms with Crippen LogP contribution in [0.3, 0.4) is 0 Å². The summed E-state index contributed by atoms with van der Waals surface area (Å²) in [6.07, 6.45) is -4.78. The van der Waals surface area contributed by atoms with E-state index in [4.69, 9.17) is 0 Å². The number of nitro benzene ring substituents is 1. The predicted octanol–water partition coefficient (Wildman–Crippen LogP) is 0.883. The molecule has 0 saturated heterocycles. The maximum Gasteiger partial charge on any atom is 0.416 e. The third kappa shape index (κ3) is 2.43. The quantitative estimate of drug-likeness (QED) is 0.646. The molecule has 0 amide bonds. The van der Waals surface area contributed by atoms with E-state index >= 15 is 0 Å². The van der Waals surface area contributed by atoms with Crippen molar-refractivity contribution in [2.45, 2.75) is 6.18 Å². The molecule has 8 nitrogen and oxygen atoms in total. The van der Waals surface area contributed by atoms with Gasteiger partial charge in [-0.1, -0.05) is 0 Å². The highest BCUT2D eigenvalue weighted by Crippen LogP contribution is 2.33. The van der Waals surface area contributed by atoms with Crippen LogP contribution in [0.2, 0.25) is 0 Å². The predicted molar refractivity (Wildman–Crippen MR) is 53.6 cm³/mol. The SMILES string of the molecule is O=c1[nH]nnn1-c1cc([N+](=O)[O-])cc(C(F)(F)F)c1. The van der Waals surface area contributed by atoms with Gasteiger partial charge in [-0.25, -0.2) is 9.89 Å². The average molecular weight is 275 g/mol. The Morgan fingerprint density at radius 2 is 2.00 bits per heavy atom. The topological polar surface area (TPSA) is 107 Å². The summed E-state index contributed by atoms with van der Waals surface area (Å²) in [7, 11) is 0. The molecular formula is C8H4F3N5O3. The Bertz CT molecular complexity index is 689. The summed E-state index contributed by atoms with van der Waals surface area (Å²) < 4.78 is 38.3. The normalized spacial score (nSPS) is 11.5. The molecule has 1 heterocycles. The Balaban J connectivity index is 2.69. The number of nitrogens with one attached hydrogen (secondary N) is 1. The number of aromatic amines is 1. The van der Waals surface area contributed by atoms with E-state index in [9.17, 15) is 28.1 Å². The number of rotatable bonds is 2. The van der Waals surface area contributed by atoms with E-state index in [1.54, 1.807) is 0 Å². The lowest BCUT2D eigenvalue weighted by molar-refractivity contribution is -0.385. The van der Waals surface area contributed by atoms with Crippen molar-refractivity contribution in [3.05, 3.63) is 44.4 Å². The maximum atomic E-state index is 12.6. The van der Waals surface area contributed by atoms with Crippen molar-refractivity contribution in [3.8, 4) is 5.69 Å². The fourth-order valence-corrected chi connectivity index (χ4v) is 1.35. The van der Waals surface area contributed by atoms with Crippen molar-refractivity contribution in [1.82, 2.24) is 20.2 Å². The van der Waals surface area contributed by atoms with Crippen LogP contribution in [-0.4, -0.2) is 25.1 Å². The van der Waals surface area contributed by atoms with E-state index in [0.29, 0.717) is 16.8 Å². The summed E-state index contributed by atoms with van der Waals surface area (Å²) in [5.74, 6) is 0. The molecular weight excluding hydrogens is 271 g/mol. The molecule has 11 heteroatoms. The highest BCUT2D eigenvalue weighted by molar-refractivity contribution is 5.47. The monoisotopic (exact) mass is 275 g/mol. The van der Waals surface area contributed by atoms with Crippen LogP contribution < -0.4 is 5.69 Å². The number of tetrazole rings is 1. The van der Waals surface area contributed by atoms with Gasteiger partial charge in [-0.15, -0.1) is 0 Å². The van der Waals surface area contributed by atoms with Crippen LogP contribution in [0.4, 0.5) is 18.9 Å². The van der Waals surface area contributed by atoms with Crippen molar-refractivity contribution in [2.24, 2.45) is 0 Å². The molecule has 0 radical (unpaired) electrons. The largest absolute Gasteiger partial charge is 0.416 e. The lowest BCUT2D eigenvalue weighted by Gasteiger charge is -2.08. The summed E-state index contributed by atoms with van der Waals surface area (Å²) in [6.45, 7) is 0. The average Bonchev–Trinajstić information content (AvgIpc) is 2.73. The summed E-state index contributed by atoms with van der Waals surface area (Å²) in [6, 6.07) is 1.73.